The predicted octanol–water partition coefficient (Wildman–Crippen LogP) is 1.63. The first-order chi connectivity index (χ1) is 8.00. The van der Waals surface area contributed by atoms with Crippen molar-refractivity contribution in [1.82, 2.24) is 4.98 Å². The summed E-state index contributed by atoms with van der Waals surface area (Å²) in [6.07, 6.45) is 1.14. The highest BCUT2D eigenvalue weighted by Gasteiger charge is 2.30. The number of pyridine rings is 1. The number of anilines is 1. The zero-order valence-electron chi connectivity index (χ0n) is 8.88. The summed E-state index contributed by atoms with van der Waals surface area (Å²) in [5.41, 5.74) is -0.789. The van der Waals surface area contributed by atoms with Crippen molar-refractivity contribution in [2.24, 2.45) is 0 Å². The summed E-state index contributed by atoms with van der Waals surface area (Å²) in [4.78, 5) is 5.63. The first-order valence-corrected chi connectivity index (χ1v) is 5.55. The van der Waals surface area contributed by atoms with Gasteiger partial charge in [0.1, 0.15) is 5.82 Å². The van der Waals surface area contributed by atoms with E-state index in [9.17, 15) is 12.9 Å². The molecule has 0 aliphatic carbocycles. The van der Waals surface area contributed by atoms with Crippen LogP contribution in [0.3, 0.4) is 0 Å². The average molecular weight is 265 g/mol. The Kier molecular flexibility index (Phi) is 3.49. The number of halogens is 4. The van der Waals surface area contributed by atoms with E-state index in [4.69, 9.17) is 16.3 Å². The number of nitrogens with zero attached hydrogens (tertiary/aromatic N) is 2. The maximum absolute atomic E-state index is 12.7. The van der Waals surface area contributed by atoms with Gasteiger partial charge in [0, 0.05) is 19.3 Å². The van der Waals surface area contributed by atoms with Crippen LogP contribution < -0.4 is 10.4 Å². The molecule has 1 saturated heterocycles. The van der Waals surface area contributed by atoms with Gasteiger partial charge in [0.2, 0.25) is 0 Å². The second-order valence-corrected chi connectivity index (χ2v) is 4.09. The van der Waals surface area contributed by atoms with E-state index in [1.807, 2.05) is 0 Å². The molecule has 0 spiro atoms. The SMILES string of the molecule is F[B-](F)(F)c1ccnc(N2CCOCC2)c1Cl. The lowest BCUT2D eigenvalue weighted by Crippen LogP contribution is -2.40. The van der Waals surface area contributed by atoms with Gasteiger partial charge in [-0.05, 0) is 0 Å². The van der Waals surface area contributed by atoms with Gasteiger partial charge < -0.3 is 22.6 Å². The molecule has 94 valence electrons. The third-order valence-corrected chi connectivity index (χ3v) is 2.95. The van der Waals surface area contributed by atoms with Crippen molar-refractivity contribution in [2.45, 2.75) is 0 Å². The van der Waals surface area contributed by atoms with Crippen LogP contribution in [0.4, 0.5) is 18.8 Å². The summed E-state index contributed by atoms with van der Waals surface area (Å²) in [6.45, 7) is -3.16. The molecular weight excluding hydrogens is 255 g/mol. The van der Waals surface area contributed by atoms with Crippen LogP contribution in [0.1, 0.15) is 0 Å². The molecule has 3 nitrogen and oxygen atoms in total. The second kappa shape index (κ2) is 4.74. The zero-order valence-corrected chi connectivity index (χ0v) is 9.63. The predicted molar refractivity (Wildman–Crippen MR) is 61.0 cm³/mol. The minimum atomic E-state index is -5.11. The van der Waals surface area contributed by atoms with Crippen LogP contribution in [0, 0.1) is 0 Å². The number of hydrogen-bond acceptors (Lipinski definition) is 3. The highest BCUT2D eigenvalue weighted by atomic mass is 35.5. The van der Waals surface area contributed by atoms with Crippen molar-refractivity contribution >= 4 is 29.9 Å². The molecule has 0 aromatic carbocycles. The molecule has 8 heteroatoms. The van der Waals surface area contributed by atoms with E-state index >= 15 is 0 Å². The highest BCUT2D eigenvalue weighted by molar-refractivity contribution is 6.76. The Morgan fingerprint density at radius 2 is 1.94 bits per heavy atom. The van der Waals surface area contributed by atoms with Crippen LogP contribution in [-0.4, -0.2) is 38.3 Å². The van der Waals surface area contributed by atoms with Gasteiger partial charge in [-0.25, -0.2) is 4.98 Å². The second-order valence-electron chi connectivity index (χ2n) is 3.71. The summed E-state index contributed by atoms with van der Waals surface area (Å²) < 4.78 is 43.2. The minimum absolute atomic E-state index is 0.187. The monoisotopic (exact) mass is 265 g/mol. The molecular formula is C9H10BClF3N2O-. The molecule has 2 rings (SSSR count). The molecule has 1 aliphatic rings. The van der Waals surface area contributed by atoms with Gasteiger partial charge in [0.25, 0.3) is 0 Å². The molecule has 1 fully saturated rings. The van der Waals surface area contributed by atoms with E-state index in [0.29, 0.717) is 26.3 Å². The molecule has 2 heterocycles. The molecule has 0 saturated carbocycles. The summed E-state index contributed by atoms with van der Waals surface area (Å²) in [5, 5.41) is -0.318. The molecule has 17 heavy (non-hydrogen) atoms. The van der Waals surface area contributed by atoms with Gasteiger partial charge in [-0.15, -0.1) is 0 Å². The quantitative estimate of drug-likeness (QED) is 0.760. The third-order valence-electron chi connectivity index (χ3n) is 2.56. The summed E-state index contributed by atoms with van der Waals surface area (Å²) >= 11 is 5.78. The standard InChI is InChI=1S/C9H10BClF3N2O/c11-8-7(10(12,13)14)1-2-15-9(8)16-3-5-17-6-4-16/h1-2H,3-6H2/q-1. The van der Waals surface area contributed by atoms with Gasteiger partial charge in [-0.3, -0.25) is 0 Å². The molecule has 0 N–H and O–H groups in total. The van der Waals surface area contributed by atoms with Crippen LogP contribution in [0.25, 0.3) is 0 Å². The first-order valence-electron chi connectivity index (χ1n) is 5.17. The van der Waals surface area contributed by atoms with E-state index in [2.05, 4.69) is 4.98 Å². The van der Waals surface area contributed by atoms with Crippen molar-refractivity contribution in [3.05, 3.63) is 17.3 Å². The first kappa shape index (κ1) is 12.5. The maximum atomic E-state index is 12.7. The van der Waals surface area contributed by atoms with Crippen molar-refractivity contribution < 1.29 is 17.7 Å². The Bertz CT molecular complexity index is 410. The zero-order chi connectivity index (χ0) is 12.5. The average Bonchev–Trinajstić information content (AvgIpc) is 2.29. The Morgan fingerprint density at radius 1 is 1.29 bits per heavy atom. The molecule has 0 bridgehead atoms. The van der Waals surface area contributed by atoms with Gasteiger partial charge >= 0.3 is 6.98 Å². The van der Waals surface area contributed by atoms with Gasteiger partial charge in [0.15, 0.2) is 0 Å². The smallest absolute Gasteiger partial charge is 0.445 e. The third kappa shape index (κ3) is 2.66. The van der Waals surface area contributed by atoms with Gasteiger partial charge in [-0.1, -0.05) is 23.1 Å². The van der Waals surface area contributed by atoms with E-state index in [1.165, 1.54) is 0 Å². The minimum Gasteiger partial charge on any atom is -0.445 e. The largest absolute Gasteiger partial charge is 0.511 e. The van der Waals surface area contributed by atoms with Crippen LogP contribution in [0.5, 0.6) is 0 Å². The molecule has 1 aromatic rings. The molecule has 0 amide bonds. The number of ether oxygens (including phenoxy) is 1. The van der Waals surface area contributed by atoms with Crippen molar-refractivity contribution in [1.29, 1.82) is 0 Å². The number of aromatic nitrogens is 1. The van der Waals surface area contributed by atoms with Crippen molar-refractivity contribution in [2.75, 3.05) is 31.2 Å². The van der Waals surface area contributed by atoms with Crippen LogP contribution in [-0.2, 0) is 4.74 Å². The van der Waals surface area contributed by atoms with E-state index < -0.39 is 12.4 Å². The highest BCUT2D eigenvalue weighted by Crippen LogP contribution is 2.25. The fraction of sp³-hybridized carbons (Fsp3) is 0.444. The molecule has 1 aliphatic heterocycles. The van der Waals surface area contributed by atoms with Crippen LogP contribution in [0.15, 0.2) is 12.3 Å². The Labute approximate surface area is 102 Å². The molecule has 0 radical (unpaired) electrons. The van der Waals surface area contributed by atoms with Crippen molar-refractivity contribution in [3.8, 4) is 0 Å². The Balaban J connectivity index is 2.35. The lowest BCUT2D eigenvalue weighted by Gasteiger charge is -2.30. The summed E-state index contributed by atoms with van der Waals surface area (Å²) in [7, 11) is 0. The Morgan fingerprint density at radius 3 is 2.53 bits per heavy atom. The molecule has 1 aromatic heterocycles. The molecule has 0 atom stereocenters. The van der Waals surface area contributed by atoms with E-state index in [1.54, 1.807) is 4.90 Å². The van der Waals surface area contributed by atoms with Gasteiger partial charge in [0.05, 0.1) is 18.2 Å². The van der Waals surface area contributed by atoms with Crippen LogP contribution in [0.2, 0.25) is 5.02 Å². The van der Waals surface area contributed by atoms with Crippen LogP contribution >= 0.6 is 11.6 Å². The Hall–Kier alpha value is -0.945. The topological polar surface area (TPSA) is 25.4 Å². The van der Waals surface area contributed by atoms with Gasteiger partial charge in [-0.2, -0.15) is 0 Å². The number of morpholine rings is 1. The van der Waals surface area contributed by atoms with E-state index in [0.717, 1.165) is 12.3 Å². The summed E-state index contributed by atoms with van der Waals surface area (Å²) in [6, 6.07) is 0.909. The van der Waals surface area contributed by atoms with E-state index in [-0.39, 0.29) is 10.8 Å². The summed E-state index contributed by atoms with van der Waals surface area (Å²) in [5.74, 6) is 0.187. The normalized spacial score (nSPS) is 17.3. The number of hydrogen-bond donors (Lipinski definition) is 0. The molecule has 0 unspecified atom stereocenters. The maximum Gasteiger partial charge on any atom is 0.511 e. The fourth-order valence-corrected chi connectivity index (χ4v) is 2.05. The lowest BCUT2D eigenvalue weighted by atomic mass is 9.80. The van der Waals surface area contributed by atoms with Crippen molar-refractivity contribution in [3.63, 3.8) is 0 Å². The fourth-order valence-electron chi connectivity index (χ4n) is 1.70. The number of rotatable bonds is 2. The lowest BCUT2D eigenvalue weighted by molar-refractivity contribution is 0.122.